The average molecular weight is 735 g/mol. The van der Waals surface area contributed by atoms with E-state index in [1.807, 2.05) is 74.2 Å². The number of carbonyl (C=O) groups is 2. The zero-order chi connectivity index (χ0) is 38.1. The summed E-state index contributed by atoms with van der Waals surface area (Å²) in [4.78, 5) is 49.8. The van der Waals surface area contributed by atoms with Gasteiger partial charge in [0.15, 0.2) is 5.43 Å². The highest BCUT2D eigenvalue weighted by Gasteiger charge is 2.34. The molecule has 0 saturated carbocycles. The zero-order valence-corrected chi connectivity index (χ0v) is 31.5. The topological polar surface area (TPSA) is 108 Å². The first-order chi connectivity index (χ1) is 26.6. The van der Waals surface area contributed by atoms with Gasteiger partial charge in [-0.2, -0.15) is 0 Å². The predicted molar refractivity (Wildman–Crippen MR) is 215 cm³/mol. The van der Waals surface area contributed by atoms with Crippen molar-refractivity contribution in [2.45, 2.75) is 70.7 Å². The summed E-state index contributed by atoms with van der Waals surface area (Å²) in [6, 6.07) is 37.9. The Balaban J connectivity index is 0.954. The number of nitrogens with zero attached hydrogens (tertiary/aromatic N) is 2. The van der Waals surface area contributed by atoms with E-state index in [1.54, 1.807) is 11.0 Å². The van der Waals surface area contributed by atoms with Crippen LogP contribution in [0.15, 0.2) is 120 Å². The summed E-state index contributed by atoms with van der Waals surface area (Å²) in [5, 5.41) is 0.609. The number of carbonyl (C=O) groups excluding carboxylic acids is 2. The molecule has 4 aromatic carbocycles. The molecule has 1 unspecified atom stereocenters. The van der Waals surface area contributed by atoms with Gasteiger partial charge in [0, 0.05) is 41.6 Å². The number of ether oxygens (including phenoxy) is 2. The molecule has 4 heterocycles. The van der Waals surface area contributed by atoms with Crippen molar-refractivity contribution in [3.8, 4) is 33.5 Å². The van der Waals surface area contributed by atoms with Gasteiger partial charge in [0.05, 0.1) is 17.6 Å². The second-order valence-corrected chi connectivity index (χ2v) is 15.6. The molecule has 2 fully saturated rings. The third kappa shape index (κ3) is 7.78. The molecule has 2 N–H and O–H groups in total. The van der Waals surface area contributed by atoms with E-state index in [0.29, 0.717) is 18.5 Å². The summed E-state index contributed by atoms with van der Waals surface area (Å²) in [6.45, 7) is 7.16. The molecule has 8 rings (SSSR count). The van der Waals surface area contributed by atoms with Crippen molar-refractivity contribution < 1.29 is 19.1 Å². The lowest BCUT2D eigenvalue weighted by molar-refractivity contribution is 0.0221. The molecule has 9 heteroatoms. The number of hydrogen-bond acceptors (Lipinski definition) is 5. The molecule has 6 aromatic rings. The molecule has 2 atom stereocenters. The molecule has 55 heavy (non-hydrogen) atoms. The number of hydrogen-bond donors (Lipinski definition) is 2. The maximum Gasteiger partial charge on any atom is 0.410 e. The van der Waals surface area contributed by atoms with E-state index in [0.717, 1.165) is 81.7 Å². The molecule has 2 aliphatic heterocycles. The molecule has 280 valence electrons. The Hall–Kier alpha value is -6.09. The molecule has 9 nitrogen and oxygen atoms in total. The Labute approximate surface area is 320 Å². The van der Waals surface area contributed by atoms with Crippen LogP contribution in [0.1, 0.15) is 75.5 Å². The smallest absolute Gasteiger partial charge is 0.410 e. The van der Waals surface area contributed by atoms with E-state index in [9.17, 15) is 14.4 Å². The first-order valence-corrected chi connectivity index (χ1v) is 19.1. The van der Waals surface area contributed by atoms with Gasteiger partial charge in [-0.3, -0.25) is 14.6 Å². The number of benzene rings is 4. The standard InChI is InChI=1S/C46H46N4O5/c1-46(2,3)55-45(53)50-26-7-11-41(50)38-24-23-37(47-38)34-19-17-32(18-20-34)31-13-15-33(16-14-31)35-21-22-36-39(27-35)48-40(28-43(36)51)42-12-8-25-49(42)44(52)54-29-30-9-5-4-6-10-30/h4-6,9-10,13-24,27-28,41-42,47H,7-8,11-12,25-26,29H2,1-3H3,(H,48,51)/t41-,42?/m0/s1. The van der Waals surface area contributed by atoms with E-state index in [4.69, 9.17) is 9.47 Å². The van der Waals surface area contributed by atoms with Crippen LogP contribution in [0.4, 0.5) is 9.59 Å². The molecule has 0 spiro atoms. The number of amides is 2. The van der Waals surface area contributed by atoms with E-state index in [-0.39, 0.29) is 36.3 Å². The Morgan fingerprint density at radius 3 is 1.89 bits per heavy atom. The molecule has 2 aliphatic rings. The van der Waals surface area contributed by atoms with Gasteiger partial charge in [-0.1, -0.05) is 84.9 Å². The Bertz CT molecular complexity index is 2370. The van der Waals surface area contributed by atoms with Crippen LogP contribution in [0.5, 0.6) is 0 Å². The van der Waals surface area contributed by atoms with Crippen LogP contribution < -0.4 is 5.43 Å². The van der Waals surface area contributed by atoms with Gasteiger partial charge in [0.2, 0.25) is 0 Å². The number of nitrogens with one attached hydrogen (secondary N) is 2. The number of aromatic amines is 2. The molecule has 2 aromatic heterocycles. The van der Waals surface area contributed by atoms with Crippen LogP contribution in [0.25, 0.3) is 44.4 Å². The van der Waals surface area contributed by atoms with Crippen molar-refractivity contribution in [2.75, 3.05) is 13.1 Å². The van der Waals surface area contributed by atoms with Crippen LogP contribution >= 0.6 is 0 Å². The highest BCUT2D eigenvalue weighted by molar-refractivity contribution is 5.85. The quantitative estimate of drug-likeness (QED) is 0.170. The predicted octanol–water partition coefficient (Wildman–Crippen LogP) is 10.4. The van der Waals surface area contributed by atoms with Gasteiger partial charge in [0.25, 0.3) is 0 Å². The van der Waals surface area contributed by atoms with Crippen LogP contribution in [0.2, 0.25) is 0 Å². The normalized spacial score (nSPS) is 17.1. The number of pyridine rings is 1. The highest BCUT2D eigenvalue weighted by Crippen LogP contribution is 2.36. The van der Waals surface area contributed by atoms with Crippen molar-refractivity contribution in [3.63, 3.8) is 0 Å². The maximum absolute atomic E-state index is 13.3. The zero-order valence-electron chi connectivity index (χ0n) is 31.5. The van der Waals surface area contributed by atoms with Crippen molar-refractivity contribution >= 4 is 23.1 Å². The molecule has 0 bridgehead atoms. The fourth-order valence-electron chi connectivity index (χ4n) is 7.84. The third-order valence-electron chi connectivity index (χ3n) is 10.6. The summed E-state index contributed by atoms with van der Waals surface area (Å²) >= 11 is 0. The first-order valence-electron chi connectivity index (χ1n) is 19.1. The van der Waals surface area contributed by atoms with Gasteiger partial charge >= 0.3 is 12.2 Å². The summed E-state index contributed by atoms with van der Waals surface area (Å²) in [6.07, 6.45) is 2.80. The minimum absolute atomic E-state index is 0.0231. The minimum atomic E-state index is -0.530. The lowest BCUT2D eigenvalue weighted by atomic mass is 9.98. The maximum atomic E-state index is 13.3. The van der Waals surface area contributed by atoms with Crippen LogP contribution in [-0.4, -0.2) is 50.6 Å². The minimum Gasteiger partial charge on any atom is -0.445 e. The fraction of sp³-hybridized carbons (Fsp3) is 0.283. The number of aromatic nitrogens is 2. The van der Waals surface area contributed by atoms with E-state index >= 15 is 0 Å². The van der Waals surface area contributed by atoms with E-state index in [2.05, 4.69) is 70.6 Å². The van der Waals surface area contributed by atoms with Gasteiger partial charge in [-0.25, -0.2) is 9.59 Å². The number of likely N-dealkylation sites (tertiary alicyclic amines) is 2. The first kappa shape index (κ1) is 35.9. The van der Waals surface area contributed by atoms with Crippen molar-refractivity contribution in [1.29, 1.82) is 0 Å². The summed E-state index contributed by atoms with van der Waals surface area (Å²) in [7, 11) is 0. The number of fused-ring (bicyclic) bond motifs is 1. The average Bonchev–Trinajstić information content (AvgIpc) is 3.99. The van der Waals surface area contributed by atoms with Crippen molar-refractivity contribution in [1.82, 2.24) is 19.8 Å². The van der Waals surface area contributed by atoms with Gasteiger partial charge < -0.3 is 19.4 Å². The Morgan fingerprint density at radius 2 is 1.24 bits per heavy atom. The summed E-state index contributed by atoms with van der Waals surface area (Å²) < 4.78 is 11.3. The van der Waals surface area contributed by atoms with Gasteiger partial charge in [-0.05, 0) is 104 Å². The lowest BCUT2D eigenvalue weighted by Crippen LogP contribution is -2.36. The molecule has 2 saturated heterocycles. The Kier molecular flexibility index (Phi) is 9.78. The lowest BCUT2D eigenvalue weighted by Gasteiger charge is -2.28. The molecular weight excluding hydrogens is 689 g/mol. The van der Waals surface area contributed by atoms with E-state index in [1.165, 1.54) is 0 Å². The number of H-pyrrole nitrogens is 2. The SMILES string of the molecule is CC(C)(C)OC(=O)N1CCC[C@H]1c1ccc(-c2ccc(-c3ccc(-c4ccc5c(=O)cc(C6CCCN6C(=O)OCc6ccccc6)[nH]c5c4)cc3)cc2)[nH]1. The van der Waals surface area contributed by atoms with Crippen molar-refractivity contribution in [3.05, 3.63) is 142 Å². The summed E-state index contributed by atoms with van der Waals surface area (Å²) in [5.41, 5.74) is 9.11. The van der Waals surface area contributed by atoms with Crippen LogP contribution in [-0.2, 0) is 16.1 Å². The van der Waals surface area contributed by atoms with Crippen LogP contribution in [0.3, 0.4) is 0 Å². The molecule has 0 radical (unpaired) electrons. The van der Waals surface area contributed by atoms with E-state index < -0.39 is 5.60 Å². The monoisotopic (exact) mass is 734 g/mol. The third-order valence-corrected chi connectivity index (χ3v) is 10.6. The second kappa shape index (κ2) is 15.0. The second-order valence-electron chi connectivity index (χ2n) is 15.6. The molecular formula is C46H46N4O5. The highest BCUT2D eigenvalue weighted by atomic mass is 16.6. The number of rotatable bonds is 7. The van der Waals surface area contributed by atoms with Crippen LogP contribution in [0, 0.1) is 0 Å². The van der Waals surface area contributed by atoms with Gasteiger partial charge in [-0.15, -0.1) is 0 Å². The fourth-order valence-corrected chi connectivity index (χ4v) is 7.84. The molecule has 2 amide bonds. The Morgan fingerprint density at radius 1 is 0.655 bits per heavy atom. The van der Waals surface area contributed by atoms with Gasteiger partial charge in [0.1, 0.15) is 12.2 Å². The summed E-state index contributed by atoms with van der Waals surface area (Å²) in [5.74, 6) is 0. The molecule has 0 aliphatic carbocycles. The largest absolute Gasteiger partial charge is 0.445 e. The van der Waals surface area contributed by atoms with Crippen molar-refractivity contribution in [2.24, 2.45) is 0 Å².